The normalized spacial score (nSPS) is 11.0. The van der Waals surface area contributed by atoms with Gasteiger partial charge in [-0.3, -0.25) is 5.41 Å². The summed E-state index contributed by atoms with van der Waals surface area (Å²) in [7, 11) is 0. The molecule has 0 radical (unpaired) electrons. The summed E-state index contributed by atoms with van der Waals surface area (Å²) in [6, 6.07) is 53.2. The Morgan fingerprint density at radius 3 is 1.76 bits per heavy atom. The third-order valence-electron chi connectivity index (χ3n) is 8.59. The van der Waals surface area contributed by atoms with Gasteiger partial charge in [-0.25, -0.2) is 0 Å². The van der Waals surface area contributed by atoms with Crippen LogP contribution >= 0.6 is 11.3 Å². The average molecular weight is 611 g/mol. The molecule has 0 unspecified atom stereocenters. The number of benzene rings is 7. The van der Waals surface area contributed by atoms with Crippen molar-refractivity contribution in [2.24, 2.45) is 5.73 Å². The maximum Gasteiger partial charge on any atom is 0.122 e. The van der Waals surface area contributed by atoms with Crippen LogP contribution in [0.2, 0.25) is 0 Å². The average Bonchev–Trinajstić information content (AvgIpc) is 3.63. The summed E-state index contributed by atoms with van der Waals surface area (Å²) in [4.78, 5) is 0. The van der Waals surface area contributed by atoms with E-state index in [0.717, 1.165) is 5.56 Å². The van der Waals surface area contributed by atoms with E-state index in [1.807, 2.05) is 59.9 Å². The van der Waals surface area contributed by atoms with Gasteiger partial charge in [-0.1, -0.05) is 139 Å². The van der Waals surface area contributed by atoms with E-state index in [-0.39, 0.29) is 5.84 Å². The molecule has 9 rings (SSSR count). The van der Waals surface area contributed by atoms with Gasteiger partial charge in [0.15, 0.2) is 0 Å². The SMILES string of the molecule is Cc1cccc2sc3ccc(-c4ccc5c6c(cccc46)-c4ccccc4-5)cc3c12.Cc1ccccc1.N=C(N)c1ccccc1. The van der Waals surface area contributed by atoms with E-state index < -0.39 is 0 Å². The molecule has 7 aromatic carbocycles. The Kier molecular flexibility index (Phi) is 7.92. The highest BCUT2D eigenvalue weighted by Crippen LogP contribution is 2.49. The second kappa shape index (κ2) is 12.5. The number of aryl methyl sites for hydroxylation is 2. The number of nitrogen functional groups attached to an aromatic ring is 1. The van der Waals surface area contributed by atoms with Gasteiger partial charge in [0.1, 0.15) is 5.84 Å². The Hall–Kier alpha value is -5.51. The maximum atomic E-state index is 7.01. The minimum absolute atomic E-state index is 0.121. The van der Waals surface area contributed by atoms with E-state index in [1.54, 1.807) is 0 Å². The summed E-state index contributed by atoms with van der Waals surface area (Å²) in [5.41, 5.74) is 16.7. The van der Waals surface area contributed by atoms with E-state index in [2.05, 4.69) is 117 Å². The molecular formula is C43H34N2S. The van der Waals surface area contributed by atoms with Crippen LogP contribution in [0.5, 0.6) is 0 Å². The third kappa shape index (κ3) is 5.47. The molecule has 0 bridgehead atoms. The highest BCUT2D eigenvalue weighted by molar-refractivity contribution is 7.25. The van der Waals surface area contributed by atoms with Gasteiger partial charge in [0, 0.05) is 25.7 Å². The van der Waals surface area contributed by atoms with Gasteiger partial charge in [-0.15, -0.1) is 11.3 Å². The van der Waals surface area contributed by atoms with Crippen molar-refractivity contribution in [1.29, 1.82) is 5.41 Å². The molecule has 0 saturated carbocycles. The molecule has 1 aromatic heterocycles. The molecule has 222 valence electrons. The smallest absolute Gasteiger partial charge is 0.122 e. The van der Waals surface area contributed by atoms with Gasteiger partial charge in [-0.2, -0.15) is 0 Å². The zero-order valence-electron chi connectivity index (χ0n) is 25.9. The third-order valence-corrected chi connectivity index (χ3v) is 9.72. The van der Waals surface area contributed by atoms with E-state index in [0.29, 0.717) is 0 Å². The van der Waals surface area contributed by atoms with Crippen molar-refractivity contribution in [3.8, 4) is 33.4 Å². The number of rotatable bonds is 2. The Morgan fingerprint density at radius 2 is 1.11 bits per heavy atom. The van der Waals surface area contributed by atoms with Crippen molar-refractivity contribution in [2.75, 3.05) is 0 Å². The van der Waals surface area contributed by atoms with Crippen LogP contribution < -0.4 is 5.73 Å². The fourth-order valence-corrected chi connectivity index (χ4v) is 7.55. The summed E-state index contributed by atoms with van der Waals surface area (Å²) >= 11 is 1.89. The number of nitrogens with two attached hydrogens (primary N) is 1. The minimum atomic E-state index is 0.121. The van der Waals surface area contributed by atoms with Crippen LogP contribution in [0.15, 0.2) is 152 Å². The second-order valence-electron chi connectivity index (χ2n) is 11.6. The van der Waals surface area contributed by atoms with Crippen molar-refractivity contribution in [3.05, 3.63) is 168 Å². The Morgan fingerprint density at radius 1 is 0.500 bits per heavy atom. The fourth-order valence-electron chi connectivity index (χ4n) is 6.38. The van der Waals surface area contributed by atoms with Gasteiger partial charge in [-0.05, 0) is 81.8 Å². The topological polar surface area (TPSA) is 49.9 Å². The summed E-state index contributed by atoms with van der Waals surface area (Å²) < 4.78 is 2.74. The lowest BCUT2D eigenvalue weighted by molar-refractivity contribution is 1.42. The van der Waals surface area contributed by atoms with E-state index in [1.165, 1.54) is 75.5 Å². The minimum Gasteiger partial charge on any atom is -0.384 e. The Bertz CT molecular complexity index is 2320. The first-order valence-electron chi connectivity index (χ1n) is 15.5. The van der Waals surface area contributed by atoms with Crippen molar-refractivity contribution < 1.29 is 0 Å². The highest BCUT2D eigenvalue weighted by Gasteiger charge is 2.22. The molecule has 0 fully saturated rings. The van der Waals surface area contributed by atoms with Crippen LogP contribution in [-0.4, -0.2) is 5.84 Å². The molecular weight excluding hydrogens is 577 g/mol. The zero-order chi connectivity index (χ0) is 31.6. The van der Waals surface area contributed by atoms with Crippen LogP contribution in [0.25, 0.3) is 64.3 Å². The second-order valence-corrected chi connectivity index (χ2v) is 12.7. The van der Waals surface area contributed by atoms with Gasteiger partial charge < -0.3 is 5.73 Å². The first-order chi connectivity index (χ1) is 22.5. The van der Waals surface area contributed by atoms with Gasteiger partial charge in [0.05, 0.1) is 0 Å². The number of amidine groups is 1. The van der Waals surface area contributed by atoms with Gasteiger partial charge in [0.2, 0.25) is 0 Å². The first-order valence-corrected chi connectivity index (χ1v) is 16.3. The molecule has 3 N–H and O–H groups in total. The molecule has 1 heterocycles. The number of hydrogen-bond donors (Lipinski definition) is 2. The molecule has 0 amide bonds. The fraction of sp³-hybridized carbons (Fsp3) is 0.0465. The molecule has 1 aliphatic carbocycles. The summed E-state index contributed by atoms with van der Waals surface area (Å²) in [6.45, 7) is 4.30. The van der Waals surface area contributed by atoms with E-state index >= 15 is 0 Å². The quantitative estimate of drug-likeness (QED) is 0.148. The Labute approximate surface area is 273 Å². The van der Waals surface area contributed by atoms with Crippen LogP contribution in [0.3, 0.4) is 0 Å². The first kappa shape index (κ1) is 29.2. The van der Waals surface area contributed by atoms with Gasteiger partial charge >= 0.3 is 0 Å². The standard InChI is InChI=1S/C29H18S.C7H8N2.C7H8/c1-17-6-4-11-27-28(17)25-16-18(12-15-26(25)30-27)19-13-14-24-21-8-3-2-7-20(21)23-10-5-9-22(19)29(23)24;8-7(9)6-4-2-1-3-5-6;1-7-5-3-2-4-6-7/h2-16H,1H3;1-5H,(H3,8,9);2-6H,1H3. The zero-order valence-corrected chi connectivity index (χ0v) is 26.7. The van der Waals surface area contributed by atoms with Crippen LogP contribution in [0.4, 0.5) is 0 Å². The monoisotopic (exact) mass is 610 g/mol. The largest absolute Gasteiger partial charge is 0.384 e. The molecule has 0 atom stereocenters. The summed E-state index contributed by atoms with van der Waals surface area (Å²) in [5.74, 6) is 0.121. The van der Waals surface area contributed by atoms with Crippen molar-refractivity contribution in [1.82, 2.24) is 0 Å². The highest BCUT2D eigenvalue weighted by atomic mass is 32.1. The predicted octanol–water partition coefficient (Wildman–Crippen LogP) is 11.8. The molecule has 0 saturated heterocycles. The number of hydrogen-bond acceptors (Lipinski definition) is 2. The molecule has 0 aliphatic heterocycles. The van der Waals surface area contributed by atoms with E-state index in [4.69, 9.17) is 11.1 Å². The molecule has 0 spiro atoms. The van der Waals surface area contributed by atoms with Crippen LogP contribution in [0, 0.1) is 19.3 Å². The lowest BCUT2D eigenvalue weighted by atomic mass is 9.93. The van der Waals surface area contributed by atoms with Gasteiger partial charge in [0.25, 0.3) is 0 Å². The van der Waals surface area contributed by atoms with Crippen LogP contribution in [-0.2, 0) is 0 Å². The lowest BCUT2D eigenvalue weighted by Crippen LogP contribution is -2.10. The molecule has 2 nitrogen and oxygen atoms in total. The molecule has 8 aromatic rings. The lowest BCUT2D eigenvalue weighted by Gasteiger charge is -2.10. The predicted molar refractivity (Wildman–Crippen MR) is 200 cm³/mol. The van der Waals surface area contributed by atoms with Crippen molar-refractivity contribution in [3.63, 3.8) is 0 Å². The Balaban J connectivity index is 0.000000174. The summed E-state index contributed by atoms with van der Waals surface area (Å²) in [6.07, 6.45) is 0. The summed E-state index contributed by atoms with van der Waals surface area (Å²) in [5, 5.41) is 12.5. The molecule has 3 heteroatoms. The molecule has 1 aliphatic rings. The maximum absolute atomic E-state index is 7.01. The number of fused-ring (bicyclic) bond motifs is 6. The van der Waals surface area contributed by atoms with E-state index in [9.17, 15) is 0 Å². The molecule has 46 heavy (non-hydrogen) atoms. The van der Waals surface area contributed by atoms with Crippen LogP contribution in [0.1, 0.15) is 16.7 Å². The van der Waals surface area contributed by atoms with Crippen molar-refractivity contribution in [2.45, 2.75) is 13.8 Å². The number of thiophene rings is 1. The van der Waals surface area contributed by atoms with Crippen molar-refractivity contribution >= 4 is 48.1 Å². The number of nitrogens with one attached hydrogen (secondary N) is 1.